The Kier molecular flexibility index (Phi) is 3.76. The summed E-state index contributed by atoms with van der Waals surface area (Å²) in [7, 11) is 0. The first-order chi connectivity index (χ1) is 11.0. The summed E-state index contributed by atoms with van der Waals surface area (Å²) in [5.41, 5.74) is 1.15. The van der Waals surface area contributed by atoms with Crippen LogP contribution in [0.2, 0.25) is 20.2 Å². The molecular formula is C14H9Cl4N5. The van der Waals surface area contributed by atoms with Gasteiger partial charge in [-0.1, -0.05) is 46.4 Å². The molecule has 2 aromatic heterocycles. The van der Waals surface area contributed by atoms with E-state index in [1.165, 1.54) is 6.33 Å². The predicted molar refractivity (Wildman–Crippen MR) is 92.9 cm³/mol. The summed E-state index contributed by atoms with van der Waals surface area (Å²) >= 11 is 25.1. The number of anilines is 1. The lowest BCUT2D eigenvalue weighted by Crippen LogP contribution is -2.10. The van der Waals surface area contributed by atoms with Gasteiger partial charge in [-0.15, -0.1) is 0 Å². The predicted octanol–water partition coefficient (Wildman–Crippen LogP) is 4.98. The fourth-order valence-corrected chi connectivity index (χ4v) is 3.64. The van der Waals surface area contributed by atoms with Gasteiger partial charge in [-0.05, 0) is 25.0 Å². The number of fused-ring (bicyclic) bond motifs is 1. The lowest BCUT2D eigenvalue weighted by molar-refractivity contribution is 0.926. The average molecular weight is 389 g/mol. The van der Waals surface area contributed by atoms with E-state index in [0.717, 1.165) is 12.8 Å². The van der Waals surface area contributed by atoms with Crippen LogP contribution in [-0.2, 0) is 0 Å². The van der Waals surface area contributed by atoms with Crippen molar-refractivity contribution in [3.8, 4) is 11.1 Å². The Hall–Kier alpha value is -1.27. The Morgan fingerprint density at radius 1 is 1.04 bits per heavy atom. The van der Waals surface area contributed by atoms with Crippen LogP contribution in [0.4, 0.5) is 5.82 Å². The molecular weight excluding hydrogens is 380 g/mol. The van der Waals surface area contributed by atoms with Crippen molar-refractivity contribution in [2.45, 2.75) is 18.9 Å². The molecule has 9 heteroatoms. The second-order valence-corrected chi connectivity index (χ2v) is 6.87. The number of benzene rings is 1. The molecule has 1 aliphatic carbocycles. The van der Waals surface area contributed by atoms with Crippen LogP contribution in [0.25, 0.3) is 16.9 Å². The quantitative estimate of drug-likeness (QED) is 0.643. The molecule has 1 saturated carbocycles. The van der Waals surface area contributed by atoms with Crippen LogP contribution in [0.1, 0.15) is 12.8 Å². The van der Waals surface area contributed by atoms with Crippen LogP contribution in [-0.4, -0.2) is 25.6 Å². The summed E-state index contributed by atoms with van der Waals surface area (Å²) in [6.45, 7) is 0. The summed E-state index contributed by atoms with van der Waals surface area (Å²) in [5, 5.41) is 9.11. The maximum atomic E-state index is 6.40. The molecule has 23 heavy (non-hydrogen) atoms. The molecule has 0 spiro atoms. The Labute approximate surface area is 151 Å². The zero-order chi connectivity index (χ0) is 16.1. The normalized spacial score (nSPS) is 14.4. The lowest BCUT2D eigenvalue weighted by Gasteiger charge is -2.16. The van der Waals surface area contributed by atoms with Gasteiger partial charge in [-0.25, -0.2) is 0 Å². The number of hydrogen-bond donors (Lipinski definition) is 1. The number of nitrogens with zero attached hydrogens (tertiary/aromatic N) is 4. The standard InChI is InChI=1S/C14H9Cl4N5/c15-6-3-8(16)10(9(17)4-6)11-12(18)22-14-19-5-20-23(14)13(11)21-7-1-2-7/h3-5,7,21H,1-2H2. The second-order valence-electron chi connectivity index (χ2n) is 5.26. The van der Waals surface area contributed by atoms with E-state index in [2.05, 4.69) is 20.4 Å². The molecule has 118 valence electrons. The monoisotopic (exact) mass is 387 g/mol. The highest BCUT2D eigenvalue weighted by Gasteiger charge is 2.27. The number of aromatic nitrogens is 4. The van der Waals surface area contributed by atoms with Crippen molar-refractivity contribution < 1.29 is 0 Å². The van der Waals surface area contributed by atoms with Crippen molar-refractivity contribution in [1.29, 1.82) is 0 Å². The van der Waals surface area contributed by atoms with Gasteiger partial charge in [0.25, 0.3) is 5.78 Å². The van der Waals surface area contributed by atoms with Gasteiger partial charge >= 0.3 is 0 Å². The van der Waals surface area contributed by atoms with Crippen molar-refractivity contribution in [1.82, 2.24) is 19.6 Å². The maximum Gasteiger partial charge on any atom is 0.255 e. The first-order valence-corrected chi connectivity index (χ1v) is 8.36. The highest BCUT2D eigenvalue weighted by atomic mass is 35.5. The molecule has 1 fully saturated rings. The van der Waals surface area contributed by atoms with Crippen LogP contribution >= 0.6 is 46.4 Å². The minimum atomic E-state index is 0.250. The summed E-state index contributed by atoms with van der Waals surface area (Å²) in [4.78, 5) is 8.36. The topological polar surface area (TPSA) is 55.1 Å². The van der Waals surface area contributed by atoms with E-state index in [0.29, 0.717) is 43.8 Å². The van der Waals surface area contributed by atoms with Crippen molar-refractivity contribution in [2.24, 2.45) is 0 Å². The van der Waals surface area contributed by atoms with E-state index in [1.54, 1.807) is 16.6 Å². The summed E-state index contributed by atoms with van der Waals surface area (Å²) in [6, 6.07) is 3.60. The molecule has 0 saturated heterocycles. The van der Waals surface area contributed by atoms with Gasteiger partial charge in [-0.3, -0.25) is 0 Å². The molecule has 0 radical (unpaired) electrons. The van der Waals surface area contributed by atoms with Gasteiger partial charge in [0.1, 0.15) is 17.3 Å². The number of hydrogen-bond acceptors (Lipinski definition) is 4. The highest BCUT2D eigenvalue weighted by molar-refractivity contribution is 6.43. The fraction of sp³-hybridized carbons (Fsp3) is 0.214. The lowest BCUT2D eigenvalue weighted by atomic mass is 10.1. The fourth-order valence-electron chi connectivity index (χ4n) is 2.37. The third kappa shape index (κ3) is 2.72. The van der Waals surface area contributed by atoms with Gasteiger partial charge in [0.05, 0.1) is 15.6 Å². The number of nitrogens with one attached hydrogen (secondary N) is 1. The number of rotatable bonds is 3. The Morgan fingerprint density at radius 3 is 2.39 bits per heavy atom. The first kappa shape index (κ1) is 15.3. The molecule has 0 bridgehead atoms. The molecule has 0 aliphatic heterocycles. The van der Waals surface area contributed by atoms with E-state index >= 15 is 0 Å². The second kappa shape index (κ2) is 5.67. The molecule has 5 nitrogen and oxygen atoms in total. The van der Waals surface area contributed by atoms with Gasteiger partial charge in [0.15, 0.2) is 0 Å². The Balaban J connectivity index is 2.04. The summed E-state index contributed by atoms with van der Waals surface area (Å²) in [6.07, 6.45) is 3.58. The molecule has 2 heterocycles. The molecule has 1 aliphatic rings. The van der Waals surface area contributed by atoms with Gasteiger partial charge in [-0.2, -0.15) is 19.6 Å². The van der Waals surface area contributed by atoms with Gasteiger partial charge in [0, 0.05) is 16.6 Å². The smallest absolute Gasteiger partial charge is 0.255 e. The van der Waals surface area contributed by atoms with E-state index < -0.39 is 0 Å². The average Bonchev–Trinajstić information content (AvgIpc) is 3.16. The van der Waals surface area contributed by atoms with Crippen molar-refractivity contribution >= 4 is 58.0 Å². The van der Waals surface area contributed by atoms with Gasteiger partial charge < -0.3 is 5.32 Å². The molecule has 0 unspecified atom stereocenters. The molecule has 1 N–H and O–H groups in total. The van der Waals surface area contributed by atoms with E-state index in [4.69, 9.17) is 46.4 Å². The van der Waals surface area contributed by atoms with Crippen molar-refractivity contribution in [3.05, 3.63) is 38.7 Å². The first-order valence-electron chi connectivity index (χ1n) is 6.85. The molecule has 3 aromatic rings. The third-order valence-electron chi connectivity index (χ3n) is 3.56. The SMILES string of the molecule is Clc1cc(Cl)c(-c2c(Cl)nc3ncnn3c2NC2CC2)c(Cl)c1. The van der Waals surface area contributed by atoms with Crippen molar-refractivity contribution in [2.75, 3.05) is 5.32 Å². The Morgan fingerprint density at radius 2 is 1.74 bits per heavy atom. The number of halogens is 4. The van der Waals surface area contributed by atoms with Crippen LogP contribution in [0.5, 0.6) is 0 Å². The minimum absolute atomic E-state index is 0.250. The summed E-state index contributed by atoms with van der Waals surface area (Å²) in [5.74, 6) is 1.08. The molecule has 1 aromatic carbocycles. The zero-order valence-corrected chi connectivity index (χ0v) is 14.5. The minimum Gasteiger partial charge on any atom is -0.367 e. The van der Waals surface area contributed by atoms with Gasteiger partial charge in [0.2, 0.25) is 0 Å². The Bertz CT molecular complexity index is 896. The van der Waals surface area contributed by atoms with Crippen LogP contribution in [0.15, 0.2) is 18.5 Å². The largest absolute Gasteiger partial charge is 0.367 e. The molecule has 4 rings (SSSR count). The summed E-state index contributed by atoms with van der Waals surface area (Å²) < 4.78 is 1.60. The molecule has 0 amide bonds. The van der Waals surface area contributed by atoms with E-state index in [1.807, 2.05) is 0 Å². The van der Waals surface area contributed by atoms with Crippen LogP contribution < -0.4 is 5.32 Å². The highest BCUT2D eigenvalue weighted by Crippen LogP contribution is 2.44. The van der Waals surface area contributed by atoms with E-state index in [-0.39, 0.29) is 5.15 Å². The third-order valence-corrected chi connectivity index (χ3v) is 4.65. The van der Waals surface area contributed by atoms with E-state index in [9.17, 15) is 0 Å². The van der Waals surface area contributed by atoms with Crippen LogP contribution in [0.3, 0.4) is 0 Å². The molecule has 0 atom stereocenters. The van der Waals surface area contributed by atoms with Crippen molar-refractivity contribution in [3.63, 3.8) is 0 Å². The van der Waals surface area contributed by atoms with Crippen LogP contribution in [0, 0.1) is 0 Å². The maximum absolute atomic E-state index is 6.40. The zero-order valence-electron chi connectivity index (χ0n) is 11.5.